The van der Waals surface area contributed by atoms with Crippen LogP contribution in [-0.4, -0.2) is 33.2 Å². The lowest BCUT2D eigenvalue weighted by Gasteiger charge is -2.10. The SMILES string of the molecule is Cc1ccc(C)c(NC(=O)COC(=O)c2ccc(S(C)(=O)=O)cc2)c1. The Labute approximate surface area is 146 Å². The normalized spacial score (nSPS) is 11.0. The number of rotatable bonds is 5. The molecule has 6 nitrogen and oxygen atoms in total. The minimum Gasteiger partial charge on any atom is -0.452 e. The van der Waals surface area contributed by atoms with Crippen molar-refractivity contribution in [2.75, 3.05) is 18.2 Å². The summed E-state index contributed by atoms with van der Waals surface area (Å²) in [5.41, 5.74) is 2.75. The summed E-state index contributed by atoms with van der Waals surface area (Å²) in [6, 6.07) is 11.0. The zero-order valence-electron chi connectivity index (χ0n) is 14.2. The molecular weight excluding hydrogens is 342 g/mol. The number of nitrogens with one attached hydrogen (secondary N) is 1. The van der Waals surface area contributed by atoms with Crippen molar-refractivity contribution >= 4 is 27.4 Å². The zero-order chi connectivity index (χ0) is 18.6. The first kappa shape index (κ1) is 18.7. The summed E-state index contributed by atoms with van der Waals surface area (Å²) in [6.45, 7) is 3.35. The molecule has 0 radical (unpaired) electrons. The Hall–Kier alpha value is -2.67. The van der Waals surface area contributed by atoms with Gasteiger partial charge >= 0.3 is 5.97 Å². The molecule has 2 aromatic rings. The second kappa shape index (κ2) is 7.48. The van der Waals surface area contributed by atoms with Gasteiger partial charge in [-0.1, -0.05) is 12.1 Å². The number of carbonyl (C=O) groups is 2. The average Bonchev–Trinajstić information content (AvgIpc) is 2.55. The number of hydrogen-bond acceptors (Lipinski definition) is 5. The maximum Gasteiger partial charge on any atom is 0.338 e. The van der Waals surface area contributed by atoms with Crippen LogP contribution in [0.4, 0.5) is 5.69 Å². The third kappa shape index (κ3) is 5.15. The van der Waals surface area contributed by atoms with Crippen molar-refractivity contribution in [3.63, 3.8) is 0 Å². The summed E-state index contributed by atoms with van der Waals surface area (Å²) >= 11 is 0. The molecule has 0 atom stereocenters. The van der Waals surface area contributed by atoms with Crippen molar-refractivity contribution in [1.29, 1.82) is 0 Å². The van der Waals surface area contributed by atoms with Crippen LogP contribution >= 0.6 is 0 Å². The van der Waals surface area contributed by atoms with E-state index in [4.69, 9.17) is 4.74 Å². The summed E-state index contributed by atoms with van der Waals surface area (Å²) in [5, 5.41) is 2.69. The highest BCUT2D eigenvalue weighted by atomic mass is 32.2. The third-order valence-corrected chi connectivity index (χ3v) is 4.65. The van der Waals surface area contributed by atoms with Gasteiger partial charge in [0.1, 0.15) is 0 Å². The molecule has 0 saturated heterocycles. The smallest absolute Gasteiger partial charge is 0.338 e. The molecule has 0 aliphatic rings. The lowest BCUT2D eigenvalue weighted by atomic mass is 10.1. The highest BCUT2D eigenvalue weighted by Gasteiger charge is 2.13. The van der Waals surface area contributed by atoms with E-state index in [1.807, 2.05) is 32.0 Å². The zero-order valence-corrected chi connectivity index (χ0v) is 15.0. The Kier molecular flexibility index (Phi) is 5.58. The van der Waals surface area contributed by atoms with E-state index in [1.165, 1.54) is 24.3 Å². The van der Waals surface area contributed by atoms with Crippen LogP contribution in [0.5, 0.6) is 0 Å². The van der Waals surface area contributed by atoms with Crippen LogP contribution in [-0.2, 0) is 19.4 Å². The van der Waals surface area contributed by atoms with Gasteiger partial charge in [0.05, 0.1) is 10.5 Å². The molecule has 0 heterocycles. The minimum absolute atomic E-state index is 0.108. The van der Waals surface area contributed by atoms with Crippen molar-refractivity contribution in [3.8, 4) is 0 Å². The van der Waals surface area contributed by atoms with E-state index in [9.17, 15) is 18.0 Å². The first-order valence-corrected chi connectivity index (χ1v) is 9.40. The summed E-state index contributed by atoms with van der Waals surface area (Å²) in [7, 11) is -3.33. The number of sulfone groups is 1. The largest absolute Gasteiger partial charge is 0.452 e. The number of hydrogen-bond donors (Lipinski definition) is 1. The molecule has 0 bridgehead atoms. The van der Waals surface area contributed by atoms with Gasteiger partial charge in [0.25, 0.3) is 5.91 Å². The monoisotopic (exact) mass is 361 g/mol. The molecule has 132 valence electrons. The van der Waals surface area contributed by atoms with Crippen LogP contribution in [0.2, 0.25) is 0 Å². The van der Waals surface area contributed by atoms with Crippen LogP contribution in [0.1, 0.15) is 21.5 Å². The number of anilines is 1. The molecule has 0 spiro atoms. The fourth-order valence-corrected chi connectivity index (χ4v) is 2.74. The molecule has 0 aromatic heterocycles. The highest BCUT2D eigenvalue weighted by Crippen LogP contribution is 2.16. The van der Waals surface area contributed by atoms with Gasteiger partial charge in [-0.25, -0.2) is 13.2 Å². The Morgan fingerprint density at radius 2 is 1.68 bits per heavy atom. The van der Waals surface area contributed by atoms with Crippen LogP contribution < -0.4 is 5.32 Å². The number of esters is 1. The van der Waals surface area contributed by atoms with Gasteiger partial charge in [-0.15, -0.1) is 0 Å². The van der Waals surface area contributed by atoms with Crippen molar-refractivity contribution in [2.45, 2.75) is 18.7 Å². The molecular formula is C18H19NO5S. The van der Waals surface area contributed by atoms with Crippen LogP contribution in [0.15, 0.2) is 47.4 Å². The second-order valence-electron chi connectivity index (χ2n) is 5.74. The maximum absolute atomic E-state index is 11.9. The summed E-state index contributed by atoms with van der Waals surface area (Å²) < 4.78 is 27.7. The first-order valence-electron chi connectivity index (χ1n) is 7.51. The molecule has 1 amide bonds. The predicted octanol–water partition coefficient (Wildman–Crippen LogP) is 2.50. The molecule has 2 rings (SSSR count). The predicted molar refractivity (Wildman–Crippen MR) is 94.4 cm³/mol. The van der Waals surface area contributed by atoms with Gasteiger partial charge in [-0.2, -0.15) is 0 Å². The molecule has 2 aromatic carbocycles. The number of carbonyl (C=O) groups excluding carboxylic acids is 2. The summed E-state index contributed by atoms with van der Waals surface area (Å²) in [5.74, 6) is -1.15. The Morgan fingerprint density at radius 3 is 2.28 bits per heavy atom. The molecule has 0 unspecified atom stereocenters. The number of ether oxygens (including phenoxy) is 1. The van der Waals surface area contributed by atoms with E-state index in [1.54, 1.807) is 0 Å². The minimum atomic E-state index is -3.33. The van der Waals surface area contributed by atoms with Crippen molar-refractivity contribution in [2.24, 2.45) is 0 Å². The fraction of sp³-hybridized carbons (Fsp3) is 0.222. The van der Waals surface area contributed by atoms with Gasteiger partial charge in [0, 0.05) is 11.9 Å². The van der Waals surface area contributed by atoms with Gasteiger partial charge in [-0.3, -0.25) is 4.79 Å². The first-order chi connectivity index (χ1) is 11.7. The molecule has 0 saturated carbocycles. The van der Waals surface area contributed by atoms with E-state index in [2.05, 4.69) is 5.32 Å². The van der Waals surface area contributed by atoms with Gasteiger partial charge < -0.3 is 10.1 Å². The van der Waals surface area contributed by atoms with E-state index in [0.717, 1.165) is 17.4 Å². The molecule has 0 aliphatic carbocycles. The summed E-state index contributed by atoms with van der Waals surface area (Å²) in [6.07, 6.45) is 1.08. The molecule has 25 heavy (non-hydrogen) atoms. The van der Waals surface area contributed by atoms with Crippen LogP contribution in [0, 0.1) is 13.8 Å². The van der Waals surface area contributed by atoms with Crippen molar-refractivity contribution in [3.05, 3.63) is 59.2 Å². The number of aryl methyl sites for hydroxylation is 2. The third-order valence-electron chi connectivity index (χ3n) is 3.52. The number of benzene rings is 2. The highest BCUT2D eigenvalue weighted by molar-refractivity contribution is 7.90. The summed E-state index contributed by atoms with van der Waals surface area (Å²) in [4.78, 5) is 24.0. The molecule has 7 heteroatoms. The van der Waals surface area contributed by atoms with Crippen LogP contribution in [0.25, 0.3) is 0 Å². The van der Waals surface area contributed by atoms with Crippen molar-refractivity contribution in [1.82, 2.24) is 0 Å². The number of amides is 1. The maximum atomic E-state index is 11.9. The Balaban J connectivity index is 1.95. The van der Waals surface area contributed by atoms with Crippen LogP contribution in [0.3, 0.4) is 0 Å². The van der Waals surface area contributed by atoms with Gasteiger partial charge in [0.15, 0.2) is 16.4 Å². The quantitative estimate of drug-likeness (QED) is 0.827. The van der Waals surface area contributed by atoms with E-state index < -0.39 is 28.3 Å². The van der Waals surface area contributed by atoms with Gasteiger partial charge in [-0.05, 0) is 55.3 Å². The Bertz CT molecular complexity index is 902. The van der Waals surface area contributed by atoms with Crippen molar-refractivity contribution < 1.29 is 22.7 Å². The fourth-order valence-electron chi connectivity index (χ4n) is 2.11. The Morgan fingerprint density at radius 1 is 1.04 bits per heavy atom. The molecule has 1 N–H and O–H groups in total. The van der Waals surface area contributed by atoms with E-state index >= 15 is 0 Å². The average molecular weight is 361 g/mol. The molecule has 0 fully saturated rings. The topological polar surface area (TPSA) is 89.5 Å². The van der Waals surface area contributed by atoms with E-state index in [-0.39, 0.29) is 10.5 Å². The lowest BCUT2D eigenvalue weighted by molar-refractivity contribution is -0.119. The molecule has 0 aliphatic heterocycles. The van der Waals surface area contributed by atoms with E-state index in [0.29, 0.717) is 5.69 Å². The standard InChI is InChI=1S/C18H19NO5S/c1-12-4-5-13(2)16(10-12)19-17(20)11-24-18(21)14-6-8-15(9-7-14)25(3,22)23/h4-10H,11H2,1-3H3,(H,19,20). The lowest BCUT2D eigenvalue weighted by Crippen LogP contribution is -2.21. The second-order valence-corrected chi connectivity index (χ2v) is 7.75. The van der Waals surface area contributed by atoms with Gasteiger partial charge in [0.2, 0.25) is 0 Å².